The molecular formula is C9H14BrN3. The minimum atomic E-state index is 0.926. The summed E-state index contributed by atoms with van der Waals surface area (Å²) in [7, 11) is 1.99. The van der Waals surface area contributed by atoms with Gasteiger partial charge < -0.3 is 4.90 Å². The van der Waals surface area contributed by atoms with Crippen LogP contribution in [0, 0.1) is 0 Å². The minimum Gasteiger partial charge on any atom is -0.357 e. The molecule has 13 heavy (non-hydrogen) atoms. The van der Waals surface area contributed by atoms with Gasteiger partial charge in [0.2, 0.25) is 0 Å². The molecule has 2 heterocycles. The first-order valence-corrected chi connectivity index (χ1v) is 5.51. The second kappa shape index (κ2) is 3.70. The predicted octanol–water partition coefficient (Wildman–Crippen LogP) is 2.17. The third-order valence-corrected chi connectivity index (χ3v) is 2.89. The van der Waals surface area contributed by atoms with Crippen molar-refractivity contribution in [3.8, 4) is 0 Å². The molecule has 0 amide bonds. The first-order valence-electron chi connectivity index (χ1n) is 4.72. The van der Waals surface area contributed by atoms with Crippen LogP contribution in [-0.4, -0.2) is 22.9 Å². The van der Waals surface area contributed by atoms with Crippen molar-refractivity contribution in [1.82, 2.24) is 9.78 Å². The molecular weight excluding hydrogens is 230 g/mol. The zero-order chi connectivity index (χ0) is 9.26. The fourth-order valence-electron chi connectivity index (χ4n) is 1.84. The predicted molar refractivity (Wildman–Crippen MR) is 57.0 cm³/mol. The van der Waals surface area contributed by atoms with Crippen molar-refractivity contribution in [3.05, 3.63) is 10.7 Å². The molecule has 0 aliphatic carbocycles. The second-order valence-electron chi connectivity index (χ2n) is 3.50. The Morgan fingerprint density at radius 1 is 1.31 bits per heavy atom. The van der Waals surface area contributed by atoms with Crippen molar-refractivity contribution in [2.45, 2.75) is 19.3 Å². The Morgan fingerprint density at radius 2 is 2.00 bits per heavy atom. The number of anilines is 1. The molecule has 1 saturated heterocycles. The summed E-state index contributed by atoms with van der Waals surface area (Å²) in [5, 5.41) is 4.28. The summed E-state index contributed by atoms with van der Waals surface area (Å²) in [4.78, 5) is 2.40. The monoisotopic (exact) mass is 243 g/mol. The van der Waals surface area contributed by atoms with E-state index in [-0.39, 0.29) is 0 Å². The Morgan fingerprint density at radius 3 is 2.54 bits per heavy atom. The van der Waals surface area contributed by atoms with Crippen molar-refractivity contribution in [1.29, 1.82) is 0 Å². The van der Waals surface area contributed by atoms with Gasteiger partial charge >= 0.3 is 0 Å². The van der Waals surface area contributed by atoms with Gasteiger partial charge in [0, 0.05) is 26.2 Å². The molecule has 1 aliphatic rings. The molecule has 0 unspecified atom stereocenters. The van der Waals surface area contributed by atoms with E-state index in [1.165, 1.54) is 38.2 Å². The van der Waals surface area contributed by atoms with E-state index in [0.29, 0.717) is 0 Å². The number of hydrogen-bond donors (Lipinski definition) is 0. The molecule has 1 aromatic rings. The van der Waals surface area contributed by atoms with Crippen molar-refractivity contribution in [2.24, 2.45) is 7.05 Å². The molecule has 72 valence electrons. The van der Waals surface area contributed by atoms with E-state index in [1.807, 2.05) is 11.7 Å². The normalized spacial score (nSPS) is 17.8. The molecule has 0 saturated carbocycles. The van der Waals surface area contributed by atoms with Crippen molar-refractivity contribution in [3.63, 3.8) is 0 Å². The Bertz CT molecular complexity index is 289. The molecule has 3 nitrogen and oxygen atoms in total. The number of rotatable bonds is 1. The van der Waals surface area contributed by atoms with Crippen LogP contribution in [0.2, 0.25) is 0 Å². The molecule has 4 heteroatoms. The quantitative estimate of drug-likeness (QED) is 0.754. The van der Waals surface area contributed by atoms with Gasteiger partial charge in [0.1, 0.15) is 10.4 Å². The summed E-state index contributed by atoms with van der Waals surface area (Å²) < 4.78 is 2.87. The summed E-state index contributed by atoms with van der Waals surface area (Å²) in [6.07, 6.45) is 3.99. The van der Waals surface area contributed by atoms with Crippen LogP contribution in [-0.2, 0) is 7.05 Å². The standard InChI is InChI=1S/C9H14BrN3/c1-12-9(7-8(10)11-12)13-5-3-2-4-6-13/h7H,2-6H2,1H3. The maximum atomic E-state index is 4.28. The first-order chi connectivity index (χ1) is 6.27. The average molecular weight is 244 g/mol. The van der Waals surface area contributed by atoms with Gasteiger partial charge in [0.05, 0.1) is 0 Å². The van der Waals surface area contributed by atoms with Crippen LogP contribution in [0.5, 0.6) is 0 Å². The van der Waals surface area contributed by atoms with E-state index in [0.717, 1.165) is 4.60 Å². The Balaban J connectivity index is 2.18. The van der Waals surface area contributed by atoms with Crippen molar-refractivity contribution in [2.75, 3.05) is 18.0 Å². The van der Waals surface area contributed by atoms with Crippen LogP contribution in [0.25, 0.3) is 0 Å². The van der Waals surface area contributed by atoms with E-state index in [9.17, 15) is 0 Å². The van der Waals surface area contributed by atoms with Gasteiger partial charge in [-0.05, 0) is 35.2 Å². The zero-order valence-corrected chi connectivity index (χ0v) is 9.42. The number of hydrogen-bond acceptors (Lipinski definition) is 2. The number of aromatic nitrogens is 2. The van der Waals surface area contributed by atoms with Crippen LogP contribution < -0.4 is 4.90 Å². The van der Waals surface area contributed by atoms with Gasteiger partial charge in [-0.2, -0.15) is 5.10 Å². The van der Waals surface area contributed by atoms with Gasteiger partial charge in [-0.15, -0.1) is 0 Å². The molecule has 0 radical (unpaired) electrons. The first kappa shape index (κ1) is 9.06. The van der Waals surface area contributed by atoms with Crippen molar-refractivity contribution < 1.29 is 0 Å². The third-order valence-electron chi connectivity index (χ3n) is 2.51. The van der Waals surface area contributed by atoms with Gasteiger partial charge in [0.15, 0.2) is 0 Å². The highest BCUT2D eigenvalue weighted by atomic mass is 79.9. The van der Waals surface area contributed by atoms with Crippen LogP contribution in [0.1, 0.15) is 19.3 Å². The fraction of sp³-hybridized carbons (Fsp3) is 0.667. The Labute approximate surface area is 86.8 Å². The van der Waals surface area contributed by atoms with Crippen LogP contribution in [0.4, 0.5) is 5.82 Å². The Kier molecular flexibility index (Phi) is 2.58. The highest BCUT2D eigenvalue weighted by Gasteiger charge is 2.14. The smallest absolute Gasteiger partial charge is 0.130 e. The van der Waals surface area contributed by atoms with E-state index < -0.39 is 0 Å². The molecule has 1 aromatic heterocycles. The van der Waals surface area contributed by atoms with E-state index in [2.05, 4.69) is 32.0 Å². The summed E-state index contributed by atoms with van der Waals surface area (Å²) >= 11 is 3.39. The number of piperidine rings is 1. The summed E-state index contributed by atoms with van der Waals surface area (Å²) in [5.74, 6) is 1.23. The van der Waals surface area contributed by atoms with Gasteiger partial charge in [-0.25, -0.2) is 0 Å². The topological polar surface area (TPSA) is 21.1 Å². The van der Waals surface area contributed by atoms with Gasteiger partial charge in [-0.3, -0.25) is 4.68 Å². The van der Waals surface area contributed by atoms with E-state index in [1.54, 1.807) is 0 Å². The summed E-state index contributed by atoms with van der Waals surface area (Å²) in [6.45, 7) is 2.35. The molecule has 0 spiro atoms. The van der Waals surface area contributed by atoms with Gasteiger partial charge in [0.25, 0.3) is 0 Å². The second-order valence-corrected chi connectivity index (χ2v) is 4.31. The molecule has 0 N–H and O–H groups in total. The zero-order valence-electron chi connectivity index (χ0n) is 7.83. The van der Waals surface area contributed by atoms with Crippen molar-refractivity contribution >= 4 is 21.7 Å². The molecule has 2 rings (SSSR count). The lowest BCUT2D eigenvalue weighted by molar-refractivity contribution is 0.561. The molecule has 1 fully saturated rings. The maximum absolute atomic E-state index is 4.28. The van der Waals surface area contributed by atoms with E-state index in [4.69, 9.17) is 0 Å². The van der Waals surface area contributed by atoms with Crippen LogP contribution >= 0.6 is 15.9 Å². The summed E-state index contributed by atoms with van der Waals surface area (Å²) in [6, 6.07) is 2.09. The maximum Gasteiger partial charge on any atom is 0.130 e. The van der Waals surface area contributed by atoms with E-state index >= 15 is 0 Å². The van der Waals surface area contributed by atoms with Gasteiger partial charge in [-0.1, -0.05) is 0 Å². The SMILES string of the molecule is Cn1nc(Br)cc1N1CCCCC1. The number of aryl methyl sites for hydroxylation is 1. The summed E-state index contributed by atoms with van der Waals surface area (Å²) in [5.41, 5.74) is 0. The number of halogens is 1. The lowest BCUT2D eigenvalue weighted by Crippen LogP contribution is -2.30. The lowest BCUT2D eigenvalue weighted by atomic mass is 10.1. The largest absolute Gasteiger partial charge is 0.357 e. The molecule has 1 aliphatic heterocycles. The fourth-order valence-corrected chi connectivity index (χ4v) is 2.28. The van der Waals surface area contributed by atoms with Crippen LogP contribution in [0.3, 0.4) is 0 Å². The van der Waals surface area contributed by atoms with Crippen LogP contribution in [0.15, 0.2) is 10.7 Å². The lowest BCUT2D eigenvalue weighted by Gasteiger charge is -2.28. The molecule has 0 aromatic carbocycles. The third kappa shape index (κ3) is 1.88. The minimum absolute atomic E-state index is 0.926. The highest BCUT2D eigenvalue weighted by Crippen LogP contribution is 2.22. The number of nitrogens with zero attached hydrogens (tertiary/aromatic N) is 3. The Hall–Kier alpha value is -0.510. The average Bonchev–Trinajstić information content (AvgIpc) is 2.47. The molecule has 0 atom stereocenters. The molecule has 0 bridgehead atoms. The highest BCUT2D eigenvalue weighted by molar-refractivity contribution is 9.10.